The number of amides is 1. The van der Waals surface area contributed by atoms with Crippen LogP contribution in [-0.4, -0.2) is 43.0 Å². The molecule has 1 aliphatic heterocycles. The maximum Gasteiger partial charge on any atom is 0.323 e. The molecule has 5 heteroatoms. The minimum Gasteiger partial charge on any atom is -0.468 e. The Balaban J connectivity index is 2.34. The van der Waals surface area contributed by atoms with E-state index < -0.39 is 12.0 Å². The molecule has 0 aromatic heterocycles. The van der Waals surface area contributed by atoms with Crippen molar-refractivity contribution in [3.8, 4) is 0 Å². The van der Waals surface area contributed by atoms with Crippen LogP contribution in [0.25, 0.3) is 0 Å². The second-order valence-corrected chi connectivity index (χ2v) is 3.23. The number of hydrogen-bond acceptors (Lipinski definition) is 4. The Morgan fingerprint density at radius 3 is 2.46 bits per heavy atom. The van der Waals surface area contributed by atoms with Gasteiger partial charge in [0.2, 0.25) is 5.91 Å². The molecular formula is C8H14N2O3. The predicted molar refractivity (Wildman–Crippen MR) is 45.7 cm³/mol. The third-order valence-electron chi connectivity index (χ3n) is 2.34. The van der Waals surface area contributed by atoms with Gasteiger partial charge in [0.1, 0.15) is 6.04 Å². The van der Waals surface area contributed by atoms with Crippen molar-refractivity contribution in [3.63, 3.8) is 0 Å². The van der Waals surface area contributed by atoms with Gasteiger partial charge in [-0.2, -0.15) is 0 Å². The van der Waals surface area contributed by atoms with Crippen LogP contribution >= 0.6 is 0 Å². The Bertz CT molecular complexity index is 223. The minimum atomic E-state index is -0.597. The van der Waals surface area contributed by atoms with Crippen LogP contribution in [-0.2, 0) is 14.3 Å². The van der Waals surface area contributed by atoms with Crippen molar-refractivity contribution < 1.29 is 14.3 Å². The van der Waals surface area contributed by atoms with E-state index in [2.05, 4.69) is 4.74 Å². The van der Waals surface area contributed by atoms with Crippen LogP contribution < -0.4 is 5.73 Å². The van der Waals surface area contributed by atoms with Crippen LogP contribution in [0.15, 0.2) is 0 Å². The predicted octanol–water partition coefficient (Wildman–Crippen LogP) is -1.03. The third-order valence-corrected chi connectivity index (χ3v) is 2.34. The van der Waals surface area contributed by atoms with Crippen LogP contribution in [0.4, 0.5) is 0 Å². The molecule has 1 saturated heterocycles. The molecule has 0 bridgehead atoms. The molecule has 1 amide bonds. The van der Waals surface area contributed by atoms with E-state index in [0.717, 1.165) is 0 Å². The normalized spacial score (nSPS) is 19.2. The molecule has 74 valence electrons. The van der Waals surface area contributed by atoms with Crippen molar-refractivity contribution >= 4 is 11.9 Å². The summed E-state index contributed by atoms with van der Waals surface area (Å²) < 4.78 is 4.50. The standard InChI is InChI=1S/C8H14N2O3/c1-5(11)10-3-6(4-10)7(9)8(12)13-2/h6-7H,3-4,9H2,1-2H3/t7-/m1/s1. The average Bonchev–Trinajstić information content (AvgIpc) is 1.99. The molecule has 0 radical (unpaired) electrons. The van der Waals surface area contributed by atoms with Crippen LogP contribution in [0, 0.1) is 5.92 Å². The van der Waals surface area contributed by atoms with Gasteiger partial charge in [0.15, 0.2) is 0 Å². The van der Waals surface area contributed by atoms with Gasteiger partial charge in [0.05, 0.1) is 7.11 Å². The van der Waals surface area contributed by atoms with Crippen LogP contribution in [0.1, 0.15) is 6.92 Å². The molecule has 0 aromatic rings. The molecule has 1 fully saturated rings. The zero-order chi connectivity index (χ0) is 10.0. The van der Waals surface area contributed by atoms with Gasteiger partial charge < -0.3 is 15.4 Å². The number of ether oxygens (including phenoxy) is 1. The molecule has 0 aliphatic carbocycles. The number of carbonyl (C=O) groups excluding carboxylic acids is 2. The molecule has 0 saturated carbocycles. The minimum absolute atomic E-state index is 0.0216. The Labute approximate surface area is 76.8 Å². The molecular weight excluding hydrogens is 172 g/mol. The number of hydrogen-bond donors (Lipinski definition) is 1. The summed E-state index contributed by atoms with van der Waals surface area (Å²) >= 11 is 0. The third kappa shape index (κ3) is 1.98. The second kappa shape index (κ2) is 3.74. The molecule has 1 rings (SSSR count). The number of nitrogens with zero attached hydrogens (tertiary/aromatic N) is 1. The summed E-state index contributed by atoms with van der Waals surface area (Å²) in [5.41, 5.74) is 5.58. The largest absolute Gasteiger partial charge is 0.468 e. The first-order valence-corrected chi connectivity index (χ1v) is 4.15. The van der Waals surface area contributed by atoms with Gasteiger partial charge in [-0.15, -0.1) is 0 Å². The molecule has 5 nitrogen and oxygen atoms in total. The van der Waals surface area contributed by atoms with Gasteiger partial charge in [0.25, 0.3) is 0 Å². The summed E-state index contributed by atoms with van der Waals surface area (Å²) in [6.45, 7) is 2.62. The lowest BCUT2D eigenvalue weighted by atomic mass is 9.92. The van der Waals surface area contributed by atoms with Crippen LogP contribution in [0.5, 0.6) is 0 Å². The fourth-order valence-electron chi connectivity index (χ4n) is 1.33. The summed E-state index contributed by atoms with van der Waals surface area (Å²) in [6.07, 6.45) is 0. The van der Waals surface area contributed by atoms with Crippen molar-refractivity contribution in [1.29, 1.82) is 0 Å². The molecule has 2 N–H and O–H groups in total. The van der Waals surface area contributed by atoms with Crippen molar-refractivity contribution in [2.24, 2.45) is 11.7 Å². The number of likely N-dealkylation sites (tertiary alicyclic amines) is 1. The van der Waals surface area contributed by atoms with E-state index in [9.17, 15) is 9.59 Å². The smallest absolute Gasteiger partial charge is 0.323 e. The number of carbonyl (C=O) groups is 2. The van der Waals surface area contributed by atoms with E-state index in [4.69, 9.17) is 5.73 Å². The Kier molecular flexibility index (Phi) is 2.87. The highest BCUT2D eigenvalue weighted by Crippen LogP contribution is 2.18. The van der Waals surface area contributed by atoms with Gasteiger partial charge >= 0.3 is 5.97 Å². The SMILES string of the molecule is COC(=O)[C@H](N)C1CN(C(C)=O)C1. The highest BCUT2D eigenvalue weighted by atomic mass is 16.5. The van der Waals surface area contributed by atoms with Crippen molar-refractivity contribution in [2.45, 2.75) is 13.0 Å². The second-order valence-electron chi connectivity index (χ2n) is 3.23. The lowest BCUT2D eigenvalue weighted by molar-refractivity contribution is -0.148. The van der Waals surface area contributed by atoms with E-state index in [-0.39, 0.29) is 11.8 Å². The maximum atomic E-state index is 11.0. The van der Waals surface area contributed by atoms with Crippen LogP contribution in [0.2, 0.25) is 0 Å². The van der Waals surface area contributed by atoms with E-state index >= 15 is 0 Å². The summed E-state index contributed by atoms with van der Waals surface area (Å²) in [5.74, 6) is -0.335. The lowest BCUT2D eigenvalue weighted by Gasteiger charge is -2.40. The van der Waals surface area contributed by atoms with E-state index in [1.807, 2.05) is 0 Å². The highest BCUT2D eigenvalue weighted by molar-refractivity contribution is 5.78. The fourth-order valence-corrected chi connectivity index (χ4v) is 1.33. The number of esters is 1. The van der Waals surface area contributed by atoms with E-state index in [1.54, 1.807) is 4.90 Å². The first-order valence-electron chi connectivity index (χ1n) is 4.15. The topological polar surface area (TPSA) is 72.6 Å². The van der Waals surface area contributed by atoms with Gasteiger partial charge in [-0.3, -0.25) is 9.59 Å². The fraction of sp³-hybridized carbons (Fsp3) is 0.750. The summed E-state index contributed by atoms with van der Waals surface area (Å²) in [6, 6.07) is -0.597. The quantitative estimate of drug-likeness (QED) is 0.559. The molecule has 0 aromatic carbocycles. The molecule has 0 unspecified atom stereocenters. The van der Waals surface area contributed by atoms with Crippen molar-refractivity contribution in [1.82, 2.24) is 4.90 Å². The van der Waals surface area contributed by atoms with Gasteiger partial charge in [0, 0.05) is 25.9 Å². The summed E-state index contributed by atoms with van der Waals surface area (Å²) in [7, 11) is 1.31. The summed E-state index contributed by atoms with van der Waals surface area (Å²) in [4.78, 5) is 23.4. The molecule has 13 heavy (non-hydrogen) atoms. The summed E-state index contributed by atoms with van der Waals surface area (Å²) in [5, 5.41) is 0. The first kappa shape index (κ1) is 9.98. The average molecular weight is 186 g/mol. The highest BCUT2D eigenvalue weighted by Gasteiger charge is 2.36. The molecule has 1 aliphatic rings. The van der Waals surface area contributed by atoms with E-state index in [1.165, 1.54) is 14.0 Å². The van der Waals surface area contributed by atoms with Gasteiger partial charge in [-0.1, -0.05) is 0 Å². The molecule has 0 spiro atoms. The van der Waals surface area contributed by atoms with Crippen molar-refractivity contribution in [2.75, 3.05) is 20.2 Å². The zero-order valence-corrected chi connectivity index (χ0v) is 7.82. The monoisotopic (exact) mass is 186 g/mol. The number of methoxy groups -OCH3 is 1. The lowest BCUT2D eigenvalue weighted by Crippen LogP contribution is -2.58. The zero-order valence-electron chi connectivity index (χ0n) is 7.82. The Morgan fingerprint density at radius 1 is 1.54 bits per heavy atom. The number of nitrogens with two attached hydrogens (primary N) is 1. The maximum absolute atomic E-state index is 11.0. The first-order chi connectivity index (χ1) is 6.06. The van der Waals surface area contributed by atoms with Crippen LogP contribution in [0.3, 0.4) is 0 Å². The Hall–Kier alpha value is -1.10. The van der Waals surface area contributed by atoms with Crippen molar-refractivity contribution in [3.05, 3.63) is 0 Å². The number of rotatable bonds is 2. The molecule has 1 atom stereocenters. The molecule has 1 heterocycles. The van der Waals surface area contributed by atoms with Gasteiger partial charge in [-0.05, 0) is 0 Å². The van der Waals surface area contributed by atoms with Gasteiger partial charge in [-0.25, -0.2) is 0 Å². The Morgan fingerprint density at radius 2 is 2.08 bits per heavy atom. The van der Waals surface area contributed by atoms with E-state index in [0.29, 0.717) is 13.1 Å².